The Labute approximate surface area is 160 Å². The number of ketones is 1. The van der Waals surface area contributed by atoms with Crippen LogP contribution in [0.25, 0.3) is 5.53 Å². The van der Waals surface area contributed by atoms with E-state index in [0.717, 1.165) is 5.56 Å². The summed E-state index contributed by atoms with van der Waals surface area (Å²) in [5, 5.41) is 13.0. The van der Waals surface area contributed by atoms with Crippen molar-refractivity contribution in [2.45, 2.75) is 25.0 Å². The number of Topliss-reactive ketones (excluding diaryl/α,β-unsaturated/α-hetero) is 1. The van der Waals surface area contributed by atoms with E-state index in [9.17, 15) is 9.59 Å². The highest BCUT2D eigenvalue weighted by Gasteiger charge is 2.49. The van der Waals surface area contributed by atoms with E-state index < -0.39 is 23.8 Å². The molecule has 1 atom stereocenters. The molecule has 0 bridgehead atoms. The van der Waals surface area contributed by atoms with Crippen LogP contribution in [0.15, 0.2) is 59.8 Å². The van der Waals surface area contributed by atoms with E-state index in [2.05, 4.69) is 9.95 Å². The summed E-state index contributed by atoms with van der Waals surface area (Å²) in [6.07, 6.45) is -0.0395. The first-order valence-electron chi connectivity index (χ1n) is 8.48. The number of hydrogen-bond acceptors (Lipinski definition) is 5. The van der Waals surface area contributed by atoms with Gasteiger partial charge in [-0.2, -0.15) is 4.79 Å². The monoisotopic (exact) mass is 379 g/mol. The molecule has 1 heterocycles. The summed E-state index contributed by atoms with van der Waals surface area (Å²) in [5.74, 6) is -1.40. The van der Waals surface area contributed by atoms with Gasteiger partial charge < -0.3 is 20.2 Å². The highest BCUT2D eigenvalue weighted by molar-refractivity contribution is 6.31. The minimum atomic E-state index is -1.73. The molecule has 1 N–H and O–H groups in total. The normalized spacial score (nSPS) is 17.8. The Hall–Kier alpha value is -3.77. The topological polar surface area (TPSA) is 122 Å². The second-order valence-corrected chi connectivity index (χ2v) is 6.28. The van der Waals surface area contributed by atoms with Crippen LogP contribution >= 0.6 is 0 Å². The Bertz CT molecular complexity index is 967. The lowest BCUT2D eigenvalue weighted by atomic mass is 9.87. The molecule has 0 radical (unpaired) electrons. The predicted octanol–water partition coefficient (Wildman–Crippen LogP) is 2.47. The largest absolute Gasteiger partial charge is 0.489 e. The van der Waals surface area contributed by atoms with Crippen LogP contribution in [-0.2, 0) is 21.0 Å². The van der Waals surface area contributed by atoms with Gasteiger partial charge in [0.15, 0.2) is 0 Å². The van der Waals surface area contributed by atoms with Crippen LogP contribution in [0.5, 0.6) is 5.75 Å². The number of ether oxygens (including phenoxy) is 1. The average molecular weight is 379 g/mol. The molecule has 2 aromatic rings. The van der Waals surface area contributed by atoms with Gasteiger partial charge in [-0.15, -0.1) is 0 Å². The minimum Gasteiger partial charge on any atom is -0.489 e. The van der Waals surface area contributed by atoms with Crippen molar-refractivity contribution in [2.75, 3.05) is 0 Å². The number of carboxylic acids is 1. The Kier molecular flexibility index (Phi) is 5.62. The van der Waals surface area contributed by atoms with Crippen molar-refractivity contribution < 1.29 is 29.1 Å². The van der Waals surface area contributed by atoms with E-state index in [0.29, 0.717) is 29.8 Å². The fraction of sp³-hybridized carbons (Fsp3) is 0.200. The lowest BCUT2D eigenvalue weighted by molar-refractivity contribution is -0.152. The number of carbonyl (C=O) groups excluding carboxylic acids is 1. The third-order valence-electron chi connectivity index (χ3n) is 4.26. The Balaban J connectivity index is 1.76. The molecule has 0 aromatic heterocycles. The number of benzene rings is 2. The van der Waals surface area contributed by atoms with Crippen molar-refractivity contribution in [3.8, 4) is 5.75 Å². The van der Waals surface area contributed by atoms with Crippen LogP contribution in [-0.4, -0.2) is 39.2 Å². The number of carboxylic acid groups (broad SMARTS) is 1. The standard InChI is InChI=1S/C20H17N3O5/c21-22-12-18(24)20(11-19(25)26)10-17(23-28-20)15-7-4-8-16(9-15)27-13-14-5-2-1-3-6-14/h1-9,12H,10-11,13H2,(H,25,26). The molecule has 0 saturated carbocycles. The molecule has 8 heteroatoms. The van der Waals surface area contributed by atoms with Crippen molar-refractivity contribution in [3.05, 3.63) is 71.3 Å². The van der Waals surface area contributed by atoms with Crippen LogP contribution in [0.4, 0.5) is 0 Å². The first-order valence-corrected chi connectivity index (χ1v) is 8.48. The number of hydrogen-bond donors (Lipinski definition) is 1. The van der Waals surface area contributed by atoms with Crippen LogP contribution in [0.1, 0.15) is 24.0 Å². The van der Waals surface area contributed by atoms with Gasteiger partial charge in [0.1, 0.15) is 12.4 Å². The molecule has 3 rings (SSSR count). The highest BCUT2D eigenvalue weighted by atomic mass is 16.7. The third-order valence-corrected chi connectivity index (χ3v) is 4.26. The van der Waals surface area contributed by atoms with E-state index in [1.54, 1.807) is 24.3 Å². The van der Waals surface area contributed by atoms with Gasteiger partial charge >= 0.3 is 12.2 Å². The van der Waals surface area contributed by atoms with Gasteiger partial charge in [-0.05, 0) is 17.7 Å². The Morgan fingerprint density at radius 2 is 2.04 bits per heavy atom. The molecule has 0 amide bonds. The van der Waals surface area contributed by atoms with E-state index in [1.807, 2.05) is 30.3 Å². The molecule has 0 spiro atoms. The molecule has 1 aliphatic heterocycles. The predicted molar refractivity (Wildman–Crippen MR) is 99.1 cm³/mol. The zero-order valence-corrected chi connectivity index (χ0v) is 14.8. The molecule has 8 nitrogen and oxygen atoms in total. The van der Waals surface area contributed by atoms with Gasteiger partial charge in [-0.25, -0.2) is 0 Å². The third kappa shape index (κ3) is 4.31. The molecule has 0 fully saturated rings. The molecule has 2 aromatic carbocycles. The molecular formula is C20H17N3O5. The summed E-state index contributed by atoms with van der Waals surface area (Å²) in [5.41, 5.74) is 8.95. The molecular weight excluding hydrogens is 362 g/mol. The smallest absolute Gasteiger partial charge is 0.327 e. The van der Waals surface area contributed by atoms with Gasteiger partial charge in [0.25, 0.3) is 5.78 Å². The highest BCUT2D eigenvalue weighted by Crippen LogP contribution is 2.31. The average Bonchev–Trinajstić information content (AvgIpc) is 3.12. The van der Waals surface area contributed by atoms with Crippen molar-refractivity contribution in [1.82, 2.24) is 0 Å². The fourth-order valence-corrected chi connectivity index (χ4v) is 2.87. The zero-order chi connectivity index (χ0) is 20.0. The Morgan fingerprint density at radius 1 is 1.25 bits per heavy atom. The summed E-state index contributed by atoms with van der Waals surface area (Å²) in [7, 11) is 0. The Morgan fingerprint density at radius 3 is 2.75 bits per heavy atom. The SMILES string of the molecule is [N-]=[N+]=CC(=O)C1(CC(=O)O)CC(c2cccc(OCc3ccccc3)c2)=NO1. The number of rotatable bonds is 8. The lowest BCUT2D eigenvalue weighted by Crippen LogP contribution is -2.42. The van der Waals surface area contributed by atoms with E-state index >= 15 is 0 Å². The minimum absolute atomic E-state index is 0.0632. The summed E-state index contributed by atoms with van der Waals surface area (Å²) in [6.45, 7) is 0.391. The molecule has 1 aliphatic rings. The van der Waals surface area contributed by atoms with Gasteiger partial charge in [-0.1, -0.05) is 47.6 Å². The maximum Gasteiger partial charge on any atom is 0.327 e. The van der Waals surface area contributed by atoms with Crippen molar-refractivity contribution in [3.63, 3.8) is 0 Å². The van der Waals surface area contributed by atoms with E-state index in [1.165, 1.54) is 0 Å². The van der Waals surface area contributed by atoms with Crippen molar-refractivity contribution in [2.24, 2.45) is 5.16 Å². The van der Waals surface area contributed by atoms with Crippen molar-refractivity contribution in [1.29, 1.82) is 0 Å². The van der Waals surface area contributed by atoms with E-state index in [-0.39, 0.29) is 6.42 Å². The number of aliphatic carboxylic acids is 1. The second-order valence-electron chi connectivity index (χ2n) is 6.28. The van der Waals surface area contributed by atoms with Crippen LogP contribution in [0.3, 0.4) is 0 Å². The number of carbonyl (C=O) groups is 2. The maximum absolute atomic E-state index is 12.2. The summed E-state index contributed by atoms with van der Waals surface area (Å²) in [6, 6.07) is 16.7. The van der Waals surface area contributed by atoms with Crippen LogP contribution in [0.2, 0.25) is 0 Å². The van der Waals surface area contributed by atoms with E-state index in [4.69, 9.17) is 20.2 Å². The van der Waals surface area contributed by atoms with Gasteiger partial charge in [0.2, 0.25) is 5.60 Å². The first kappa shape index (κ1) is 19.0. The zero-order valence-electron chi connectivity index (χ0n) is 14.8. The number of nitrogens with zero attached hydrogens (tertiary/aromatic N) is 3. The molecule has 28 heavy (non-hydrogen) atoms. The quantitative estimate of drug-likeness (QED) is 0.429. The van der Waals surface area contributed by atoms with Crippen LogP contribution < -0.4 is 4.74 Å². The molecule has 142 valence electrons. The summed E-state index contributed by atoms with van der Waals surface area (Å²) in [4.78, 5) is 31.3. The summed E-state index contributed by atoms with van der Waals surface area (Å²) < 4.78 is 5.78. The summed E-state index contributed by atoms with van der Waals surface area (Å²) >= 11 is 0. The fourth-order valence-electron chi connectivity index (χ4n) is 2.87. The van der Waals surface area contributed by atoms with Gasteiger partial charge in [-0.3, -0.25) is 9.59 Å². The lowest BCUT2D eigenvalue weighted by Gasteiger charge is -2.19. The van der Waals surface area contributed by atoms with Gasteiger partial charge in [0, 0.05) is 12.0 Å². The first-order chi connectivity index (χ1) is 13.5. The van der Waals surface area contributed by atoms with Gasteiger partial charge in [0.05, 0.1) is 12.1 Å². The van der Waals surface area contributed by atoms with Crippen molar-refractivity contribution >= 4 is 23.7 Å². The number of oxime groups is 1. The van der Waals surface area contributed by atoms with Crippen LogP contribution in [0, 0.1) is 0 Å². The molecule has 0 saturated heterocycles. The molecule has 1 unspecified atom stereocenters. The molecule has 0 aliphatic carbocycles. The maximum atomic E-state index is 12.2. The second kappa shape index (κ2) is 8.28.